The Hall–Kier alpha value is -3.39. The molecular weight excluding hydrogens is 394 g/mol. The van der Waals surface area contributed by atoms with E-state index in [4.69, 9.17) is 9.15 Å². The second kappa shape index (κ2) is 9.61. The molecule has 8 nitrogen and oxygen atoms in total. The van der Waals surface area contributed by atoms with Crippen LogP contribution in [-0.2, 0) is 6.42 Å². The summed E-state index contributed by atoms with van der Waals surface area (Å²) >= 11 is 0. The summed E-state index contributed by atoms with van der Waals surface area (Å²) in [5.41, 5.74) is 1.58. The number of ether oxygens (including phenoxy) is 1. The van der Waals surface area contributed by atoms with E-state index in [-0.39, 0.29) is 5.91 Å². The Morgan fingerprint density at radius 3 is 2.61 bits per heavy atom. The molecule has 1 atom stereocenters. The molecule has 1 amide bonds. The van der Waals surface area contributed by atoms with Crippen LogP contribution in [0, 0.1) is 0 Å². The average Bonchev–Trinajstić information content (AvgIpc) is 3.30. The standard InChI is InChI=1S/C23H27N5O3/c1-27-11-13-28(14-12-27)23-26-25-22(31-23)20(15-17-7-4-3-5-8-17)24-21(29)18-9-6-10-19(16-18)30-2/h3-10,16,20H,11-15H2,1-2H3,(H,24,29). The molecule has 2 aromatic carbocycles. The Kier molecular flexibility index (Phi) is 6.47. The average molecular weight is 422 g/mol. The van der Waals surface area contributed by atoms with Gasteiger partial charge in [-0.25, -0.2) is 0 Å². The molecule has 3 aromatic rings. The lowest BCUT2D eigenvalue weighted by atomic mass is 10.1. The molecule has 8 heteroatoms. The van der Waals surface area contributed by atoms with Gasteiger partial charge in [0, 0.05) is 38.2 Å². The van der Waals surface area contributed by atoms with E-state index in [1.165, 1.54) is 0 Å². The monoisotopic (exact) mass is 421 g/mol. The fourth-order valence-corrected chi connectivity index (χ4v) is 3.55. The Morgan fingerprint density at radius 1 is 1.10 bits per heavy atom. The van der Waals surface area contributed by atoms with Crippen molar-refractivity contribution < 1.29 is 13.9 Å². The van der Waals surface area contributed by atoms with Crippen molar-refractivity contribution in [2.75, 3.05) is 45.2 Å². The van der Waals surface area contributed by atoms with Gasteiger partial charge in [0.15, 0.2) is 0 Å². The number of nitrogens with zero attached hydrogens (tertiary/aromatic N) is 4. The molecule has 31 heavy (non-hydrogen) atoms. The van der Waals surface area contributed by atoms with Crippen LogP contribution in [0.5, 0.6) is 5.75 Å². The third-order valence-corrected chi connectivity index (χ3v) is 5.42. The number of benzene rings is 2. The van der Waals surface area contributed by atoms with Crippen molar-refractivity contribution in [1.29, 1.82) is 0 Å². The first-order valence-corrected chi connectivity index (χ1v) is 10.4. The zero-order valence-electron chi connectivity index (χ0n) is 17.8. The van der Waals surface area contributed by atoms with Crippen molar-refractivity contribution in [2.24, 2.45) is 0 Å². The number of rotatable bonds is 7. The van der Waals surface area contributed by atoms with Crippen molar-refractivity contribution in [3.8, 4) is 5.75 Å². The predicted octanol–water partition coefficient (Wildman–Crippen LogP) is 2.54. The maximum Gasteiger partial charge on any atom is 0.318 e. The highest BCUT2D eigenvalue weighted by molar-refractivity contribution is 5.94. The molecule has 1 saturated heterocycles. The number of amides is 1. The van der Waals surface area contributed by atoms with Crippen LogP contribution in [0.3, 0.4) is 0 Å². The second-order valence-electron chi connectivity index (χ2n) is 7.66. The Labute approximate surface area is 181 Å². The highest BCUT2D eigenvalue weighted by Crippen LogP contribution is 2.23. The number of methoxy groups -OCH3 is 1. The van der Waals surface area contributed by atoms with E-state index in [0.717, 1.165) is 31.7 Å². The molecule has 162 valence electrons. The SMILES string of the molecule is COc1cccc(C(=O)NC(Cc2ccccc2)c2nnc(N3CCN(C)CC3)o2)c1. The largest absolute Gasteiger partial charge is 0.497 e. The van der Waals surface area contributed by atoms with Crippen molar-refractivity contribution >= 4 is 11.9 Å². The number of likely N-dealkylation sites (N-methyl/N-ethyl adjacent to an activating group) is 1. The zero-order chi connectivity index (χ0) is 21.6. The van der Waals surface area contributed by atoms with Crippen LogP contribution in [0.1, 0.15) is 27.9 Å². The number of hydrogen-bond donors (Lipinski definition) is 1. The number of nitrogens with one attached hydrogen (secondary N) is 1. The lowest BCUT2D eigenvalue weighted by Crippen LogP contribution is -2.44. The highest BCUT2D eigenvalue weighted by Gasteiger charge is 2.25. The first-order chi connectivity index (χ1) is 15.1. The van der Waals surface area contributed by atoms with E-state index in [9.17, 15) is 4.79 Å². The maximum atomic E-state index is 13.0. The predicted molar refractivity (Wildman–Crippen MR) is 117 cm³/mol. The zero-order valence-corrected chi connectivity index (χ0v) is 17.8. The van der Waals surface area contributed by atoms with E-state index in [1.54, 1.807) is 31.4 Å². The van der Waals surface area contributed by atoms with Gasteiger partial charge in [-0.15, -0.1) is 5.10 Å². The molecule has 1 aliphatic rings. The van der Waals surface area contributed by atoms with Crippen molar-refractivity contribution in [3.63, 3.8) is 0 Å². The molecule has 1 N–H and O–H groups in total. The number of anilines is 1. The van der Waals surface area contributed by atoms with Crippen LogP contribution in [0.25, 0.3) is 0 Å². The maximum absolute atomic E-state index is 13.0. The number of carbonyl (C=O) groups is 1. The molecule has 4 rings (SSSR count). The fourth-order valence-electron chi connectivity index (χ4n) is 3.55. The molecule has 0 spiro atoms. The van der Waals surface area contributed by atoms with Crippen LogP contribution in [0.4, 0.5) is 6.01 Å². The summed E-state index contributed by atoms with van der Waals surface area (Å²) in [6.07, 6.45) is 0.543. The van der Waals surface area contributed by atoms with Gasteiger partial charge < -0.3 is 24.3 Å². The van der Waals surface area contributed by atoms with Crippen LogP contribution in [-0.4, -0.2) is 61.3 Å². The molecule has 1 fully saturated rings. The van der Waals surface area contributed by atoms with Crippen LogP contribution < -0.4 is 15.0 Å². The van der Waals surface area contributed by atoms with Crippen LogP contribution in [0.2, 0.25) is 0 Å². The van der Waals surface area contributed by atoms with Gasteiger partial charge in [0.2, 0.25) is 5.89 Å². The summed E-state index contributed by atoms with van der Waals surface area (Å²) in [4.78, 5) is 17.3. The Balaban J connectivity index is 1.55. The minimum atomic E-state index is -0.449. The van der Waals surface area contributed by atoms with E-state index in [1.807, 2.05) is 30.3 Å². The van der Waals surface area contributed by atoms with E-state index in [0.29, 0.717) is 29.6 Å². The third-order valence-electron chi connectivity index (χ3n) is 5.42. The van der Waals surface area contributed by atoms with Gasteiger partial charge in [0.1, 0.15) is 11.8 Å². The summed E-state index contributed by atoms with van der Waals surface area (Å²) in [6, 6.07) is 17.0. The molecule has 2 heterocycles. The first kappa shape index (κ1) is 20.9. The lowest BCUT2D eigenvalue weighted by molar-refractivity contribution is 0.0929. The highest BCUT2D eigenvalue weighted by atomic mass is 16.5. The number of carbonyl (C=O) groups excluding carboxylic acids is 1. The van der Waals surface area contributed by atoms with Crippen molar-refractivity contribution in [1.82, 2.24) is 20.4 Å². The molecular formula is C23H27N5O3. The van der Waals surface area contributed by atoms with Crippen LogP contribution in [0.15, 0.2) is 59.0 Å². The summed E-state index contributed by atoms with van der Waals surface area (Å²) in [5.74, 6) is 0.801. The fraction of sp³-hybridized carbons (Fsp3) is 0.348. The molecule has 1 aliphatic heterocycles. The van der Waals surface area contributed by atoms with Gasteiger partial charge in [-0.3, -0.25) is 4.79 Å². The molecule has 0 aliphatic carbocycles. The molecule has 0 radical (unpaired) electrons. The first-order valence-electron chi connectivity index (χ1n) is 10.4. The Morgan fingerprint density at radius 2 is 1.87 bits per heavy atom. The summed E-state index contributed by atoms with van der Waals surface area (Å²) in [7, 11) is 3.67. The van der Waals surface area contributed by atoms with Crippen LogP contribution >= 0.6 is 0 Å². The van der Waals surface area contributed by atoms with E-state index in [2.05, 4.69) is 32.4 Å². The lowest BCUT2D eigenvalue weighted by Gasteiger charge is -2.30. The summed E-state index contributed by atoms with van der Waals surface area (Å²) < 4.78 is 11.3. The molecule has 0 saturated carbocycles. The summed E-state index contributed by atoms with van der Waals surface area (Å²) in [5, 5.41) is 11.6. The minimum absolute atomic E-state index is 0.223. The third kappa shape index (κ3) is 5.21. The van der Waals surface area contributed by atoms with E-state index < -0.39 is 6.04 Å². The number of hydrogen-bond acceptors (Lipinski definition) is 7. The van der Waals surface area contributed by atoms with Gasteiger partial charge in [0.25, 0.3) is 5.91 Å². The smallest absolute Gasteiger partial charge is 0.318 e. The van der Waals surface area contributed by atoms with Crippen molar-refractivity contribution in [3.05, 3.63) is 71.6 Å². The molecule has 0 bridgehead atoms. The van der Waals surface area contributed by atoms with Crippen molar-refractivity contribution in [2.45, 2.75) is 12.5 Å². The van der Waals surface area contributed by atoms with Gasteiger partial charge in [-0.1, -0.05) is 41.5 Å². The summed E-state index contributed by atoms with van der Waals surface area (Å²) in [6.45, 7) is 3.55. The van der Waals surface area contributed by atoms with Gasteiger partial charge in [-0.2, -0.15) is 0 Å². The quantitative estimate of drug-likeness (QED) is 0.628. The molecule has 1 aromatic heterocycles. The second-order valence-corrected chi connectivity index (χ2v) is 7.66. The minimum Gasteiger partial charge on any atom is -0.497 e. The normalized spacial score (nSPS) is 15.5. The van der Waals surface area contributed by atoms with Gasteiger partial charge in [0.05, 0.1) is 7.11 Å². The molecule has 1 unspecified atom stereocenters. The number of aromatic nitrogens is 2. The van der Waals surface area contributed by atoms with E-state index >= 15 is 0 Å². The topological polar surface area (TPSA) is 83.7 Å². The number of piperazine rings is 1. The van der Waals surface area contributed by atoms with Gasteiger partial charge in [-0.05, 0) is 30.8 Å². The van der Waals surface area contributed by atoms with Gasteiger partial charge >= 0.3 is 6.01 Å². The Bertz CT molecular complexity index is 999.